The van der Waals surface area contributed by atoms with Crippen LogP contribution in [0.3, 0.4) is 0 Å². The normalized spacial score (nSPS) is 14.7. The summed E-state index contributed by atoms with van der Waals surface area (Å²) in [5, 5.41) is 8.65. The van der Waals surface area contributed by atoms with E-state index in [4.69, 9.17) is 4.74 Å². The van der Waals surface area contributed by atoms with Gasteiger partial charge in [0, 0.05) is 6.04 Å². The van der Waals surface area contributed by atoms with Gasteiger partial charge < -0.3 is 15.4 Å². The Morgan fingerprint density at radius 3 is 2.65 bits per heavy atom. The van der Waals surface area contributed by atoms with Crippen LogP contribution < -0.4 is 10.6 Å². The van der Waals surface area contributed by atoms with Crippen LogP contribution in [-0.4, -0.2) is 25.0 Å². The first-order valence-corrected chi connectivity index (χ1v) is 9.84. The third kappa shape index (κ3) is 4.51. The summed E-state index contributed by atoms with van der Waals surface area (Å²) in [6.45, 7) is 4.30. The van der Waals surface area contributed by atoms with Gasteiger partial charge in [0.05, 0.1) is 18.7 Å². The molecular weight excluding hydrogens is 348 g/mol. The fraction of sp³-hybridized carbons (Fsp3) is 0.400. The number of rotatable bonds is 8. The number of carbonyl (C=O) groups is 2. The summed E-state index contributed by atoms with van der Waals surface area (Å²) in [6.07, 6.45) is 2.18. The van der Waals surface area contributed by atoms with Gasteiger partial charge in [-0.25, -0.2) is 4.79 Å². The van der Waals surface area contributed by atoms with E-state index >= 15 is 0 Å². The monoisotopic (exact) mass is 372 g/mol. The van der Waals surface area contributed by atoms with E-state index in [0.717, 1.165) is 24.0 Å². The molecule has 1 fully saturated rings. The summed E-state index contributed by atoms with van der Waals surface area (Å²) >= 11 is 1.40. The fourth-order valence-electron chi connectivity index (χ4n) is 2.85. The Morgan fingerprint density at radius 1 is 1.27 bits per heavy atom. The lowest BCUT2D eigenvalue weighted by Crippen LogP contribution is -2.30. The highest BCUT2D eigenvalue weighted by molar-refractivity contribution is 7.15. The van der Waals surface area contributed by atoms with E-state index in [0.29, 0.717) is 23.1 Å². The molecule has 5 nitrogen and oxygen atoms in total. The molecule has 0 bridgehead atoms. The number of hydrogen-bond donors (Lipinski definition) is 2. The van der Waals surface area contributed by atoms with Crippen molar-refractivity contribution in [1.29, 1.82) is 0 Å². The highest BCUT2D eigenvalue weighted by atomic mass is 32.1. The van der Waals surface area contributed by atoms with Gasteiger partial charge in [0.2, 0.25) is 5.91 Å². The standard InChI is InChI=1S/C20H24N2O3S/c1-3-25-20(24)18-16(15-9-10-15)12-26-19(18)22-17(23)11-21-13(2)14-7-5-4-6-8-14/h4-8,12-13,15,21H,3,9-11H2,1-2H3,(H,22,23)/t13-/m1/s1. The summed E-state index contributed by atoms with van der Waals surface area (Å²) in [5.41, 5.74) is 2.66. The molecule has 26 heavy (non-hydrogen) atoms. The molecule has 1 amide bonds. The predicted molar refractivity (Wildman–Crippen MR) is 104 cm³/mol. The van der Waals surface area contributed by atoms with Crippen LogP contribution in [0, 0.1) is 0 Å². The molecule has 1 aliphatic carbocycles. The Kier molecular flexibility index (Phi) is 6.06. The zero-order valence-corrected chi connectivity index (χ0v) is 15.9. The molecule has 0 aliphatic heterocycles. The number of hydrogen-bond acceptors (Lipinski definition) is 5. The summed E-state index contributed by atoms with van der Waals surface area (Å²) < 4.78 is 5.18. The Labute approximate surface area is 157 Å². The van der Waals surface area contributed by atoms with Gasteiger partial charge in [-0.1, -0.05) is 30.3 Å². The maximum Gasteiger partial charge on any atom is 0.341 e. The molecule has 1 atom stereocenters. The Balaban J connectivity index is 1.63. The highest BCUT2D eigenvalue weighted by Gasteiger charge is 2.32. The molecule has 2 aromatic rings. The molecule has 1 aromatic heterocycles. The molecule has 2 N–H and O–H groups in total. The zero-order valence-electron chi connectivity index (χ0n) is 15.1. The molecule has 1 saturated carbocycles. The van der Waals surface area contributed by atoms with Crippen LogP contribution in [0.5, 0.6) is 0 Å². The van der Waals surface area contributed by atoms with Crippen LogP contribution in [0.2, 0.25) is 0 Å². The van der Waals surface area contributed by atoms with Crippen molar-refractivity contribution in [2.45, 2.75) is 38.6 Å². The number of esters is 1. The lowest BCUT2D eigenvalue weighted by atomic mass is 10.1. The van der Waals surface area contributed by atoms with Crippen molar-refractivity contribution >= 4 is 28.2 Å². The van der Waals surface area contributed by atoms with Crippen molar-refractivity contribution < 1.29 is 14.3 Å². The smallest absolute Gasteiger partial charge is 0.341 e. The second kappa shape index (κ2) is 8.47. The number of amides is 1. The lowest BCUT2D eigenvalue weighted by molar-refractivity contribution is -0.115. The van der Waals surface area contributed by atoms with Crippen molar-refractivity contribution in [1.82, 2.24) is 5.32 Å². The van der Waals surface area contributed by atoms with Gasteiger partial charge in [-0.3, -0.25) is 4.79 Å². The van der Waals surface area contributed by atoms with E-state index in [-0.39, 0.29) is 24.5 Å². The third-order valence-corrected chi connectivity index (χ3v) is 5.35. The number of ether oxygens (including phenoxy) is 1. The summed E-state index contributed by atoms with van der Waals surface area (Å²) in [6, 6.07) is 10.0. The van der Waals surface area contributed by atoms with Gasteiger partial charge in [-0.05, 0) is 49.1 Å². The van der Waals surface area contributed by atoms with Crippen molar-refractivity contribution in [3.63, 3.8) is 0 Å². The van der Waals surface area contributed by atoms with Crippen LogP contribution in [0.25, 0.3) is 0 Å². The molecule has 1 heterocycles. The predicted octanol–water partition coefficient (Wildman–Crippen LogP) is 4.09. The minimum atomic E-state index is -0.350. The van der Waals surface area contributed by atoms with Crippen LogP contribution >= 0.6 is 11.3 Å². The maximum atomic E-state index is 12.4. The average molecular weight is 372 g/mol. The molecule has 1 aliphatic rings. The van der Waals surface area contributed by atoms with Crippen molar-refractivity contribution in [2.75, 3.05) is 18.5 Å². The van der Waals surface area contributed by atoms with Gasteiger partial charge in [0.1, 0.15) is 5.00 Å². The van der Waals surface area contributed by atoms with E-state index in [9.17, 15) is 9.59 Å². The van der Waals surface area contributed by atoms with Crippen LogP contribution in [0.15, 0.2) is 35.7 Å². The van der Waals surface area contributed by atoms with Crippen molar-refractivity contribution in [3.8, 4) is 0 Å². The first-order chi connectivity index (χ1) is 12.6. The SMILES string of the molecule is CCOC(=O)c1c(C2CC2)csc1NC(=O)CN[C@H](C)c1ccccc1. The average Bonchev–Trinajstić information content (AvgIpc) is 3.41. The molecule has 1 aromatic carbocycles. The van der Waals surface area contributed by atoms with Crippen molar-refractivity contribution in [3.05, 3.63) is 52.4 Å². The van der Waals surface area contributed by atoms with Gasteiger partial charge in [-0.2, -0.15) is 0 Å². The number of benzene rings is 1. The first-order valence-electron chi connectivity index (χ1n) is 8.96. The number of nitrogens with one attached hydrogen (secondary N) is 2. The van der Waals surface area contributed by atoms with Crippen LogP contribution in [0.1, 0.15) is 60.1 Å². The summed E-state index contributed by atoms with van der Waals surface area (Å²) in [5.74, 6) is -0.0911. The topological polar surface area (TPSA) is 67.4 Å². The van der Waals surface area contributed by atoms with Crippen LogP contribution in [0.4, 0.5) is 5.00 Å². The largest absolute Gasteiger partial charge is 0.462 e. The summed E-state index contributed by atoms with van der Waals surface area (Å²) in [7, 11) is 0. The van der Waals surface area contributed by atoms with Gasteiger partial charge in [0.25, 0.3) is 0 Å². The number of thiophene rings is 1. The van der Waals surface area contributed by atoms with E-state index in [1.165, 1.54) is 11.3 Å². The molecule has 0 spiro atoms. The Bertz CT molecular complexity index is 769. The number of anilines is 1. The molecule has 0 unspecified atom stereocenters. The van der Waals surface area contributed by atoms with Gasteiger partial charge in [-0.15, -0.1) is 11.3 Å². The molecule has 0 radical (unpaired) electrons. The second-order valence-electron chi connectivity index (χ2n) is 6.45. The zero-order chi connectivity index (χ0) is 18.5. The van der Waals surface area contributed by atoms with Crippen molar-refractivity contribution in [2.24, 2.45) is 0 Å². The molecule has 6 heteroatoms. The van der Waals surface area contributed by atoms with Crippen LogP contribution in [-0.2, 0) is 9.53 Å². The maximum absolute atomic E-state index is 12.4. The quantitative estimate of drug-likeness (QED) is 0.685. The van der Waals surface area contributed by atoms with E-state index in [1.807, 2.05) is 42.6 Å². The first kappa shape index (κ1) is 18.6. The van der Waals surface area contributed by atoms with E-state index < -0.39 is 0 Å². The van der Waals surface area contributed by atoms with E-state index in [2.05, 4.69) is 10.6 Å². The van der Waals surface area contributed by atoms with E-state index in [1.54, 1.807) is 6.92 Å². The molecule has 0 saturated heterocycles. The third-order valence-electron chi connectivity index (χ3n) is 4.44. The summed E-state index contributed by atoms with van der Waals surface area (Å²) in [4.78, 5) is 24.7. The number of carbonyl (C=O) groups excluding carboxylic acids is 2. The molecular formula is C20H24N2O3S. The molecule has 3 rings (SSSR count). The fourth-order valence-corrected chi connectivity index (χ4v) is 3.89. The minimum Gasteiger partial charge on any atom is -0.462 e. The second-order valence-corrected chi connectivity index (χ2v) is 7.33. The van der Waals surface area contributed by atoms with Gasteiger partial charge in [0.15, 0.2) is 0 Å². The lowest BCUT2D eigenvalue weighted by Gasteiger charge is -2.14. The highest BCUT2D eigenvalue weighted by Crippen LogP contribution is 2.46. The Morgan fingerprint density at radius 2 is 2.00 bits per heavy atom. The Hall–Kier alpha value is -2.18. The molecule has 138 valence electrons. The minimum absolute atomic E-state index is 0.0665. The van der Waals surface area contributed by atoms with Gasteiger partial charge >= 0.3 is 5.97 Å².